The molecule has 0 saturated carbocycles. The van der Waals surface area contributed by atoms with Crippen LogP contribution in [0.15, 0.2) is 38.6 Å². The predicted octanol–water partition coefficient (Wildman–Crippen LogP) is 4.62. The maximum Gasteiger partial charge on any atom is 0.267 e. The SMILES string of the molecule is Cc1nnc(CSc2nc3sc4c(c3c(=O)n2-c2ccccc2C)CCCC4)o1. The summed E-state index contributed by atoms with van der Waals surface area (Å²) >= 11 is 3.13. The number of hydrogen-bond acceptors (Lipinski definition) is 7. The Hall–Kier alpha value is -2.45. The first-order valence-electron chi connectivity index (χ1n) is 9.67. The summed E-state index contributed by atoms with van der Waals surface area (Å²) in [6.45, 7) is 3.79. The van der Waals surface area contributed by atoms with Gasteiger partial charge in [0.25, 0.3) is 5.56 Å². The summed E-state index contributed by atoms with van der Waals surface area (Å²) in [6, 6.07) is 7.93. The molecule has 0 N–H and O–H groups in total. The van der Waals surface area contributed by atoms with E-state index < -0.39 is 0 Å². The Bertz CT molecular complexity index is 1270. The first-order valence-corrected chi connectivity index (χ1v) is 11.5. The van der Waals surface area contributed by atoms with Gasteiger partial charge >= 0.3 is 0 Å². The van der Waals surface area contributed by atoms with Crippen LogP contribution in [0.25, 0.3) is 15.9 Å². The first kappa shape index (κ1) is 18.6. The second kappa shape index (κ2) is 7.42. The van der Waals surface area contributed by atoms with E-state index in [2.05, 4.69) is 10.2 Å². The number of aryl methyl sites for hydroxylation is 4. The molecule has 0 atom stereocenters. The van der Waals surface area contributed by atoms with E-state index in [9.17, 15) is 4.79 Å². The third-order valence-electron chi connectivity index (χ3n) is 5.21. The Balaban J connectivity index is 1.70. The highest BCUT2D eigenvalue weighted by Crippen LogP contribution is 2.35. The molecule has 4 aromatic rings. The lowest BCUT2D eigenvalue weighted by molar-refractivity contribution is 0.485. The Morgan fingerprint density at radius 2 is 2.00 bits per heavy atom. The fraction of sp³-hybridized carbons (Fsp3) is 0.333. The number of para-hydroxylation sites is 1. The molecule has 5 rings (SSSR count). The maximum absolute atomic E-state index is 13.7. The standard InChI is InChI=1S/C21H20N4O2S2/c1-12-7-3-5-9-15(12)25-20(26)18-14-8-4-6-10-16(14)29-19(18)22-21(25)28-11-17-24-23-13(2)27-17/h3,5,7,9H,4,6,8,10-11H2,1-2H3. The highest BCUT2D eigenvalue weighted by atomic mass is 32.2. The molecule has 0 fully saturated rings. The molecule has 0 radical (unpaired) electrons. The minimum absolute atomic E-state index is 0.0212. The summed E-state index contributed by atoms with van der Waals surface area (Å²) in [6.07, 6.45) is 4.33. The summed E-state index contributed by atoms with van der Waals surface area (Å²) in [5, 5.41) is 9.41. The van der Waals surface area contributed by atoms with E-state index in [0.717, 1.165) is 40.7 Å². The smallest absolute Gasteiger partial charge is 0.267 e. The molecule has 8 heteroatoms. The fourth-order valence-corrected chi connectivity index (χ4v) is 5.98. The van der Waals surface area contributed by atoms with Crippen molar-refractivity contribution in [3.8, 4) is 5.69 Å². The van der Waals surface area contributed by atoms with Gasteiger partial charge in [-0.05, 0) is 49.8 Å². The van der Waals surface area contributed by atoms with Crippen LogP contribution in [-0.2, 0) is 18.6 Å². The number of aromatic nitrogens is 4. The average Bonchev–Trinajstić information content (AvgIpc) is 3.30. The van der Waals surface area contributed by atoms with Crippen molar-refractivity contribution in [1.29, 1.82) is 0 Å². The Morgan fingerprint density at radius 1 is 1.17 bits per heavy atom. The largest absolute Gasteiger partial charge is 0.425 e. The van der Waals surface area contributed by atoms with E-state index in [1.807, 2.05) is 31.2 Å². The maximum atomic E-state index is 13.7. The molecule has 0 saturated heterocycles. The van der Waals surface area contributed by atoms with Crippen molar-refractivity contribution in [1.82, 2.24) is 19.7 Å². The van der Waals surface area contributed by atoms with Gasteiger partial charge in [-0.2, -0.15) is 0 Å². The molecule has 0 bridgehead atoms. The lowest BCUT2D eigenvalue weighted by Gasteiger charge is -2.14. The van der Waals surface area contributed by atoms with Crippen LogP contribution in [0.4, 0.5) is 0 Å². The minimum atomic E-state index is 0.0212. The zero-order chi connectivity index (χ0) is 20.0. The van der Waals surface area contributed by atoms with Crippen LogP contribution in [0.5, 0.6) is 0 Å². The van der Waals surface area contributed by atoms with Gasteiger partial charge in [0.05, 0.1) is 16.8 Å². The third-order valence-corrected chi connectivity index (χ3v) is 7.32. The van der Waals surface area contributed by atoms with E-state index in [0.29, 0.717) is 22.7 Å². The lowest BCUT2D eigenvalue weighted by Crippen LogP contribution is -2.23. The number of nitrogens with zero attached hydrogens (tertiary/aromatic N) is 4. The van der Waals surface area contributed by atoms with Crippen molar-refractivity contribution in [2.24, 2.45) is 0 Å². The predicted molar refractivity (Wildman–Crippen MR) is 115 cm³/mol. The molecule has 1 aliphatic rings. The highest BCUT2D eigenvalue weighted by Gasteiger charge is 2.23. The van der Waals surface area contributed by atoms with E-state index >= 15 is 0 Å². The Labute approximate surface area is 176 Å². The summed E-state index contributed by atoms with van der Waals surface area (Å²) in [5.41, 5.74) is 3.13. The Kier molecular flexibility index (Phi) is 4.75. The second-order valence-electron chi connectivity index (χ2n) is 7.22. The zero-order valence-corrected chi connectivity index (χ0v) is 17.9. The molecule has 29 heavy (non-hydrogen) atoms. The van der Waals surface area contributed by atoms with E-state index in [1.54, 1.807) is 22.8 Å². The van der Waals surface area contributed by atoms with Crippen LogP contribution in [0.1, 0.15) is 40.6 Å². The van der Waals surface area contributed by atoms with Crippen molar-refractivity contribution in [3.05, 3.63) is 62.4 Å². The van der Waals surface area contributed by atoms with Crippen LogP contribution in [-0.4, -0.2) is 19.7 Å². The van der Waals surface area contributed by atoms with Crippen molar-refractivity contribution in [3.63, 3.8) is 0 Å². The molecular formula is C21H20N4O2S2. The number of fused-ring (bicyclic) bond motifs is 3. The van der Waals surface area contributed by atoms with Crippen molar-refractivity contribution in [2.45, 2.75) is 50.4 Å². The molecule has 1 aromatic carbocycles. The third kappa shape index (κ3) is 3.30. The van der Waals surface area contributed by atoms with Gasteiger partial charge in [0.2, 0.25) is 11.8 Å². The number of benzene rings is 1. The molecule has 1 aliphatic carbocycles. The first-order chi connectivity index (χ1) is 14.1. The number of hydrogen-bond donors (Lipinski definition) is 0. The topological polar surface area (TPSA) is 73.8 Å². The molecule has 0 aliphatic heterocycles. The molecule has 0 unspecified atom stereocenters. The fourth-order valence-electron chi connectivity index (χ4n) is 3.83. The normalized spacial score (nSPS) is 13.7. The number of thioether (sulfide) groups is 1. The van der Waals surface area contributed by atoms with Gasteiger partial charge in [-0.15, -0.1) is 21.5 Å². The van der Waals surface area contributed by atoms with E-state index in [1.165, 1.54) is 28.6 Å². The molecule has 3 heterocycles. The van der Waals surface area contributed by atoms with Gasteiger partial charge in [-0.25, -0.2) is 4.98 Å². The molecule has 148 valence electrons. The van der Waals surface area contributed by atoms with Gasteiger partial charge in [0.1, 0.15) is 4.83 Å². The van der Waals surface area contributed by atoms with Gasteiger partial charge in [0, 0.05) is 11.8 Å². The van der Waals surface area contributed by atoms with Crippen LogP contribution in [0.3, 0.4) is 0 Å². The number of thiophene rings is 1. The monoisotopic (exact) mass is 424 g/mol. The molecule has 6 nitrogen and oxygen atoms in total. The molecular weight excluding hydrogens is 404 g/mol. The Morgan fingerprint density at radius 3 is 2.79 bits per heavy atom. The van der Waals surface area contributed by atoms with Crippen LogP contribution < -0.4 is 5.56 Å². The minimum Gasteiger partial charge on any atom is -0.425 e. The van der Waals surface area contributed by atoms with Gasteiger partial charge < -0.3 is 4.42 Å². The van der Waals surface area contributed by atoms with E-state index in [4.69, 9.17) is 9.40 Å². The lowest BCUT2D eigenvalue weighted by atomic mass is 9.97. The second-order valence-corrected chi connectivity index (χ2v) is 9.24. The van der Waals surface area contributed by atoms with Gasteiger partial charge in [-0.3, -0.25) is 9.36 Å². The van der Waals surface area contributed by atoms with E-state index in [-0.39, 0.29) is 5.56 Å². The summed E-state index contributed by atoms with van der Waals surface area (Å²) in [7, 11) is 0. The summed E-state index contributed by atoms with van der Waals surface area (Å²) in [4.78, 5) is 20.8. The molecule has 0 spiro atoms. The quantitative estimate of drug-likeness (QED) is 0.352. The van der Waals surface area contributed by atoms with Gasteiger partial charge in [0.15, 0.2) is 5.16 Å². The van der Waals surface area contributed by atoms with Crippen molar-refractivity contribution < 1.29 is 4.42 Å². The summed E-state index contributed by atoms with van der Waals surface area (Å²) in [5.74, 6) is 1.53. The molecule has 0 amide bonds. The summed E-state index contributed by atoms with van der Waals surface area (Å²) < 4.78 is 7.26. The van der Waals surface area contributed by atoms with Gasteiger partial charge in [-0.1, -0.05) is 30.0 Å². The number of rotatable bonds is 4. The zero-order valence-electron chi connectivity index (χ0n) is 16.3. The van der Waals surface area contributed by atoms with Crippen LogP contribution in [0.2, 0.25) is 0 Å². The molecule has 3 aromatic heterocycles. The van der Waals surface area contributed by atoms with Crippen molar-refractivity contribution >= 4 is 33.3 Å². The van der Waals surface area contributed by atoms with Crippen LogP contribution >= 0.6 is 23.1 Å². The average molecular weight is 425 g/mol. The van der Waals surface area contributed by atoms with Crippen molar-refractivity contribution in [2.75, 3.05) is 0 Å². The highest BCUT2D eigenvalue weighted by molar-refractivity contribution is 7.98. The van der Waals surface area contributed by atoms with Crippen LogP contribution in [0, 0.1) is 13.8 Å².